The van der Waals surface area contributed by atoms with Gasteiger partial charge in [-0.25, -0.2) is 9.18 Å². The molecule has 0 aromatic heterocycles. The standard InChI is InChI=1S/C20H19FO4/c21-17-7-5-15(6-8-17)14-1-3-16(4-2-14)20(23)25-19-11-9-18(10-12-19)24-13-22/h1-8,13,18-19H,9-12H2. The molecule has 1 aliphatic carbocycles. The van der Waals surface area contributed by atoms with Crippen molar-refractivity contribution < 1.29 is 23.5 Å². The molecule has 2 aromatic rings. The van der Waals surface area contributed by atoms with Crippen molar-refractivity contribution in [2.45, 2.75) is 37.9 Å². The minimum Gasteiger partial charge on any atom is -0.465 e. The Labute approximate surface area is 145 Å². The zero-order valence-corrected chi connectivity index (χ0v) is 13.7. The van der Waals surface area contributed by atoms with E-state index in [-0.39, 0.29) is 24.0 Å². The van der Waals surface area contributed by atoms with Crippen LogP contribution in [-0.2, 0) is 14.3 Å². The molecule has 0 atom stereocenters. The molecule has 1 aliphatic rings. The summed E-state index contributed by atoms with van der Waals surface area (Å²) >= 11 is 0. The van der Waals surface area contributed by atoms with Gasteiger partial charge < -0.3 is 9.47 Å². The summed E-state index contributed by atoms with van der Waals surface area (Å²) < 4.78 is 23.4. The second-order valence-electron chi connectivity index (χ2n) is 6.12. The fourth-order valence-corrected chi connectivity index (χ4v) is 3.03. The van der Waals surface area contributed by atoms with Gasteiger partial charge in [0.05, 0.1) is 5.56 Å². The second kappa shape index (κ2) is 7.92. The normalized spacial score (nSPS) is 19.9. The van der Waals surface area contributed by atoms with Crippen LogP contribution in [0.1, 0.15) is 36.0 Å². The average Bonchev–Trinajstić information content (AvgIpc) is 2.64. The van der Waals surface area contributed by atoms with Gasteiger partial charge in [0.15, 0.2) is 0 Å². The summed E-state index contributed by atoms with van der Waals surface area (Å²) in [5, 5.41) is 0. The van der Waals surface area contributed by atoms with Crippen LogP contribution in [0.2, 0.25) is 0 Å². The molecule has 2 aromatic carbocycles. The maximum Gasteiger partial charge on any atom is 0.338 e. The molecule has 0 amide bonds. The Morgan fingerprint density at radius 2 is 1.40 bits per heavy atom. The number of benzene rings is 2. The molecule has 25 heavy (non-hydrogen) atoms. The van der Waals surface area contributed by atoms with Gasteiger partial charge in [0, 0.05) is 0 Å². The highest BCUT2D eigenvalue weighted by molar-refractivity contribution is 5.90. The third-order valence-corrected chi connectivity index (χ3v) is 4.44. The maximum atomic E-state index is 13.0. The molecule has 4 nitrogen and oxygen atoms in total. The van der Waals surface area contributed by atoms with Crippen molar-refractivity contribution in [2.24, 2.45) is 0 Å². The van der Waals surface area contributed by atoms with Gasteiger partial charge in [-0.15, -0.1) is 0 Å². The SMILES string of the molecule is O=COC1CCC(OC(=O)c2ccc(-c3ccc(F)cc3)cc2)CC1. The highest BCUT2D eigenvalue weighted by Gasteiger charge is 2.25. The minimum atomic E-state index is -0.356. The zero-order chi connectivity index (χ0) is 17.6. The van der Waals surface area contributed by atoms with E-state index in [2.05, 4.69) is 0 Å². The summed E-state index contributed by atoms with van der Waals surface area (Å²) in [5.74, 6) is -0.636. The van der Waals surface area contributed by atoms with Crippen LogP contribution in [0, 0.1) is 5.82 Å². The fourth-order valence-electron chi connectivity index (χ4n) is 3.03. The molecule has 0 aliphatic heterocycles. The van der Waals surface area contributed by atoms with Gasteiger partial charge in [0.25, 0.3) is 6.47 Å². The number of ether oxygens (including phenoxy) is 2. The van der Waals surface area contributed by atoms with Gasteiger partial charge in [-0.2, -0.15) is 0 Å². The Kier molecular flexibility index (Phi) is 5.43. The molecule has 0 N–H and O–H groups in total. The van der Waals surface area contributed by atoms with Gasteiger partial charge in [-0.05, 0) is 61.1 Å². The second-order valence-corrected chi connectivity index (χ2v) is 6.12. The Bertz CT molecular complexity index is 716. The van der Waals surface area contributed by atoms with Crippen LogP contribution in [0.25, 0.3) is 11.1 Å². The largest absolute Gasteiger partial charge is 0.465 e. The van der Waals surface area contributed by atoms with Crippen molar-refractivity contribution in [3.63, 3.8) is 0 Å². The van der Waals surface area contributed by atoms with E-state index in [9.17, 15) is 14.0 Å². The Morgan fingerprint density at radius 1 is 0.880 bits per heavy atom. The van der Waals surface area contributed by atoms with Gasteiger partial charge in [-0.3, -0.25) is 4.79 Å². The monoisotopic (exact) mass is 342 g/mol. The van der Waals surface area contributed by atoms with Crippen molar-refractivity contribution in [3.8, 4) is 11.1 Å². The molecule has 1 fully saturated rings. The van der Waals surface area contributed by atoms with Crippen LogP contribution in [0.4, 0.5) is 4.39 Å². The zero-order valence-electron chi connectivity index (χ0n) is 13.7. The summed E-state index contributed by atoms with van der Waals surface area (Å²) in [6, 6.07) is 13.3. The van der Waals surface area contributed by atoms with Crippen LogP contribution >= 0.6 is 0 Å². The molecular formula is C20H19FO4. The highest BCUT2D eigenvalue weighted by atomic mass is 19.1. The van der Waals surface area contributed by atoms with Gasteiger partial charge in [0.2, 0.25) is 0 Å². The van der Waals surface area contributed by atoms with E-state index >= 15 is 0 Å². The van der Waals surface area contributed by atoms with Crippen LogP contribution in [-0.4, -0.2) is 24.6 Å². The lowest BCUT2D eigenvalue weighted by Gasteiger charge is -2.27. The van der Waals surface area contributed by atoms with E-state index in [0.717, 1.165) is 11.1 Å². The lowest BCUT2D eigenvalue weighted by atomic mass is 9.95. The third kappa shape index (κ3) is 4.44. The lowest BCUT2D eigenvalue weighted by molar-refractivity contribution is -0.136. The number of esters is 1. The number of rotatable bonds is 5. The third-order valence-electron chi connectivity index (χ3n) is 4.44. The summed E-state index contributed by atoms with van der Waals surface area (Å²) in [7, 11) is 0. The molecule has 0 spiro atoms. The maximum absolute atomic E-state index is 13.0. The van der Waals surface area contributed by atoms with Crippen LogP contribution in [0.3, 0.4) is 0 Å². The molecule has 5 heteroatoms. The van der Waals surface area contributed by atoms with E-state index in [1.807, 2.05) is 12.1 Å². The predicted octanol–water partition coefficient (Wildman–Crippen LogP) is 4.13. The molecule has 3 rings (SSSR count). The van der Waals surface area contributed by atoms with E-state index in [1.165, 1.54) is 12.1 Å². The van der Waals surface area contributed by atoms with Crippen molar-refractivity contribution in [1.29, 1.82) is 0 Å². The molecule has 0 saturated heterocycles. The smallest absolute Gasteiger partial charge is 0.338 e. The molecule has 1 saturated carbocycles. The number of carbonyl (C=O) groups excluding carboxylic acids is 2. The summed E-state index contributed by atoms with van der Waals surface area (Å²) in [5.41, 5.74) is 2.27. The lowest BCUT2D eigenvalue weighted by Crippen LogP contribution is -2.28. The number of hydrogen-bond acceptors (Lipinski definition) is 4. The average molecular weight is 342 g/mol. The van der Waals surface area contributed by atoms with E-state index in [4.69, 9.17) is 9.47 Å². The van der Waals surface area contributed by atoms with E-state index in [0.29, 0.717) is 37.7 Å². The Morgan fingerprint density at radius 3 is 1.96 bits per heavy atom. The quantitative estimate of drug-likeness (QED) is 0.605. The van der Waals surface area contributed by atoms with Crippen LogP contribution in [0.5, 0.6) is 0 Å². The molecule has 0 bridgehead atoms. The Hall–Kier alpha value is -2.69. The Balaban J connectivity index is 1.58. The predicted molar refractivity (Wildman–Crippen MR) is 90.4 cm³/mol. The van der Waals surface area contributed by atoms with Crippen LogP contribution < -0.4 is 0 Å². The summed E-state index contributed by atoms with van der Waals surface area (Å²) in [4.78, 5) is 22.6. The highest BCUT2D eigenvalue weighted by Crippen LogP contribution is 2.25. The van der Waals surface area contributed by atoms with Gasteiger partial charge in [-0.1, -0.05) is 24.3 Å². The molecule has 0 heterocycles. The van der Waals surface area contributed by atoms with E-state index in [1.54, 1.807) is 24.3 Å². The van der Waals surface area contributed by atoms with Crippen molar-refractivity contribution >= 4 is 12.4 Å². The minimum absolute atomic E-state index is 0.0672. The van der Waals surface area contributed by atoms with Gasteiger partial charge in [0.1, 0.15) is 18.0 Å². The molecule has 130 valence electrons. The van der Waals surface area contributed by atoms with Crippen LogP contribution in [0.15, 0.2) is 48.5 Å². The van der Waals surface area contributed by atoms with Gasteiger partial charge >= 0.3 is 5.97 Å². The topological polar surface area (TPSA) is 52.6 Å². The van der Waals surface area contributed by atoms with Crippen molar-refractivity contribution in [1.82, 2.24) is 0 Å². The van der Waals surface area contributed by atoms with E-state index < -0.39 is 0 Å². The molecular weight excluding hydrogens is 323 g/mol. The first kappa shape index (κ1) is 17.1. The first-order valence-corrected chi connectivity index (χ1v) is 8.32. The number of hydrogen-bond donors (Lipinski definition) is 0. The molecule has 0 unspecified atom stereocenters. The summed E-state index contributed by atoms with van der Waals surface area (Å²) in [6.07, 6.45) is 2.59. The summed E-state index contributed by atoms with van der Waals surface area (Å²) in [6.45, 7) is 0.472. The van der Waals surface area contributed by atoms with Crippen molar-refractivity contribution in [3.05, 3.63) is 59.9 Å². The number of halogens is 1. The first-order valence-electron chi connectivity index (χ1n) is 8.32. The first-order chi connectivity index (χ1) is 12.2. The fraction of sp³-hybridized carbons (Fsp3) is 0.300. The molecule has 0 radical (unpaired) electrons. The number of carbonyl (C=O) groups is 2. The van der Waals surface area contributed by atoms with Crippen molar-refractivity contribution in [2.75, 3.05) is 0 Å².